The van der Waals surface area contributed by atoms with Gasteiger partial charge >= 0.3 is 10.2 Å². The van der Waals surface area contributed by atoms with E-state index >= 15 is 0 Å². The normalized spacial score (nSPS) is 10.9. The van der Waals surface area contributed by atoms with Crippen LogP contribution in [0.4, 0.5) is 9.57 Å². The molecule has 0 aliphatic carbocycles. The standard InChI is InChI=1S/C9H8FNO2S/c1-2-3-7-4-8(11)6-9(5-7)14(10,12)13/h1,4-6H,3,11H2. The minimum atomic E-state index is -4.71. The lowest BCUT2D eigenvalue weighted by Crippen LogP contribution is -1.97. The Morgan fingerprint density at radius 1 is 1.43 bits per heavy atom. The number of halogens is 1. The molecule has 0 spiro atoms. The molecule has 0 aliphatic rings. The molecule has 0 fully saturated rings. The molecule has 0 saturated heterocycles. The van der Waals surface area contributed by atoms with Gasteiger partial charge in [0.05, 0.1) is 0 Å². The largest absolute Gasteiger partial charge is 0.399 e. The summed E-state index contributed by atoms with van der Waals surface area (Å²) in [6.07, 6.45) is 5.25. The van der Waals surface area contributed by atoms with Gasteiger partial charge in [0.1, 0.15) is 4.90 Å². The summed E-state index contributed by atoms with van der Waals surface area (Å²) in [5.41, 5.74) is 6.07. The Kier molecular flexibility index (Phi) is 2.77. The number of hydrogen-bond donors (Lipinski definition) is 1. The highest BCUT2D eigenvalue weighted by Crippen LogP contribution is 2.18. The Balaban J connectivity index is 3.29. The Morgan fingerprint density at radius 2 is 2.07 bits per heavy atom. The SMILES string of the molecule is C#CCc1cc(N)cc(S(=O)(=O)F)c1. The zero-order valence-corrected chi connectivity index (χ0v) is 8.01. The maximum Gasteiger partial charge on any atom is 0.332 e. The van der Waals surface area contributed by atoms with Crippen molar-refractivity contribution in [2.24, 2.45) is 0 Å². The monoisotopic (exact) mass is 213 g/mol. The summed E-state index contributed by atoms with van der Waals surface area (Å²) in [6, 6.07) is 3.73. The maximum atomic E-state index is 12.6. The third-order valence-corrected chi connectivity index (χ3v) is 2.38. The molecular weight excluding hydrogens is 205 g/mol. The van der Waals surface area contributed by atoms with Crippen LogP contribution in [0.1, 0.15) is 5.56 Å². The summed E-state index contributed by atoms with van der Waals surface area (Å²) < 4.78 is 33.7. The van der Waals surface area contributed by atoms with Gasteiger partial charge in [-0.3, -0.25) is 0 Å². The lowest BCUT2D eigenvalue weighted by atomic mass is 10.1. The Morgan fingerprint density at radius 3 is 2.57 bits per heavy atom. The summed E-state index contributed by atoms with van der Waals surface area (Å²) >= 11 is 0. The minimum absolute atomic E-state index is 0.175. The maximum absolute atomic E-state index is 12.6. The van der Waals surface area contributed by atoms with Crippen molar-refractivity contribution in [1.82, 2.24) is 0 Å². The fraction of sp³-hybridized carbons (Fsp3) is 0.111. The van der Waals surface area contributed by atoms with E-state index in [-0.39, 0.29) is 12.1 Å². The Bertz CT molecular complexity index is 488. The molecule has 0 radical (unpaired) electrons. The van der Waals surface area contributed by atoms with Crippen LogP contribution in [-0.4, -0.2) is 8.42 Å². The van der Waals surface area contributed by atoms with Gasteiger partial charge in [-0.1, -0.05) is 0 Å². The van der Waals surface area contributed by atoms with Gasteiger partial charge in [0.25, 0.3) is 0 Å². The number of anilines is 1. The van der Waals surface area contributed by atoms with Crippen molar-refractivity contribution >= 4 is 15.9 Å². The van der Waals surface area contributed by atoms with E-state index < -0.39 is 15.1 Å². The first-order valence-corrected chi connectivity index (χ1v) is 5.09. The van der Waals surface area contributed by atoms with Gasteiger partial charge in [0, 0.05) is 12.1 Å². The van der Waals surface area contributed by atoms with Gasteiger partial charge in [-0.15, -0.1) is 16.2 Å². The van der Waals surface area contributed by atoms with Crippen LogP contribution in [0, 0.1) is 12.3 Å². The summed E-state index contributed by atoms with van der Waals surface area (Å²) in [6.45, 7) is 0. The van der Waals surface area contributed by atoms with Crippen molar-refractivity contribution in [2.45, 2.75) is 11.3 Å². The third-order valence-electron chi connectivity index (χ3n) is 1.58. The van der Waals surface area contributed by atoms with Crippen LogP contribution < -0.4 is 5.73 Å². The highest BCUT2D eigenvalue weighted by Gasteiger charge is 2.12. The topological polar surface area (TPSA) is 60.2 Å². The molecule has 1 aromatic rings. The minimum Gasteiger partial charge on any atom is -0.399 e. The van der Waals surface area contributed by atoms with E-state index in [1.807, 2.05) is 0 Å². The fourth-order valence-corrected chi connectivity index (χ4v) is 1.62. The molecule has 0 aliphatic heterocycles. The highest BCUT2D eigenvalue weighted by atomic mass is 32.3. The van der Waals surface area contributed by atoms with Crippen LogP contribution >= 0.6 is 0 Å². The smallest absolute Gasteiger partial charge is 0.332 e. The first-order valence-electron chi connectivity index (χ1n) is 3.71. The van der Waals surface area contributed by atoms with E-state index in [4.69, 9.17) is 12.2 Å². The number of nitrogens with two attached hydrogens (primary N) is 1. The average molecular weight is 213 g/mol. The molecule has 0 heterocycles. The zero-order chi connectivity index (χ0) is 10.8. The predicted octanol–water partition coefficient (Wildman–Crippen LogP) is 1.10. The molecule has 5 heteroatoms. The van der Waals surface area contributed by atoms with Crippen LogP contribution in [0.15, 0.2) is 23.1 Å². The number of hydrogen-bond acceptors (Lipinski definition) is 3. The highest BCUT2D eigenvalue weighted by molar-refractivity contribution is 7.86. The van der Waals surface area contributed by atoms with E-state index in [1.54, 1.807) is 0 Å². The Hall–Kier alpha value is -1.54. The number of terminal acetylenes is 1. The summed E-state index contributed by atoms with van der Waals surface area (Å²) in [7, 11) is -4.71. The van der Waals surface area contributed by atoms with E-state index in [0.29, 0.717) is 5.56 Å². The number of nitrogen functional groups attached to an aromatic ring is 1. The van der Waals surface area contributed by atoms with Crippen molar-refractivity contribution in [3.63, 3.8) is 0 Å². The molecule has 0 saturated carbocycles. The van der Waals surface area contributed by atoms with Crippen molar-refractivity contribution < 1.29 is 12.3 Å². The van der Waals surface area contributed by atoms with Gasteiger partial charge in [0.2, 0.25) is 0 Å². The molecule has 1 aromatic carbocycles. The number of rotatable bonds is 2. The van der Waals surface area contributed by atoms with Crippen LogP contribution in [-0.2, 0) is 16.6 Å². The number of benzene rings is 1. The van der Waals surface area contributed by atoms with E-state index in [9.17, 15) is 12.3 Å². The molecule has 0 atom stereocenters. The van der Waals surface area contributed by atoms with Crippen LogP contribution in [0.25, 0.3) is 0 Å². The summed E-state index contributed by atoms with van der Waals surface area (Å²) in [5, 5.41) is 0. The van der Waals surface area contributed by atoms with Gasteiger partial charge in [-0.05, 0) is 23.8 Å². The molecule has 3 nitrogen and oxygen atoms in total. The molecule has 0 bridgehead atoms. The first kappa shape index (κ1) is 10.5. The molecule has 1 rings (SSSR count). The third kappa shape index (κ3) is 2.47. The van der Waals surface area contributed by atoms with Gasteiger partial charge in [-0.2, -0.15) is 8.42 Å². The lowest BCUT2D eigenvalue weighted by Gasteiger charge is -2.01. The summed E-state index contributed by atoms with van der Waals surface area (Å²) in [4.78, 5) is -0.456. The molecule has 74 valence electrons. The summed E-state index contributed by atoms with van der Waals surface area (Å²) in [5.74, 6) is 2.32. The Labute approximate surface area is 82.0 Å². The van der Waals surface area contributed by atoms with Gasteiger partial charge < -0.3 is 5.73 Å². The molecule has 0 amide bonds. The van der Waals surface area contributed by atoms with E-state index in [1.165, 1.54) is 12.1 Å². The second kappa shape index (κ2) is 3.68. The van der Waals surface area contributed by atoms with E-state index in [0.717, 1.165) is 6.07 Å². The zero-order valence-electron chi connectivity index (χ0n) is 7.20. The predicted molar refractivity (Wildman–Crippen MR) is 51.7 cm³/mol. The molecule has 0 aromatic heterocycles. The fourth-order valence-electron chi connectivity index (χ4n) is 1.05. The molecular formula is C9H8FNO2S. The van der Waals surface area contributed by atoms with Crippen molar-refractivity contribution in [1.29, 1.82) is 0 Å². The second-order valence-corrected chi connectivity index (χ2v) is 4.08. The quantitative estimate of drug-likeness (QED) is 0.454. The van der Waals surface area contributed by atoms with E-state index in [2.05, 4.69) is 5.92 Å². The molecule has 14 heavy (non-hydrogen) atoms. The second-order valence-electron chi connectivity index (χ2n) is 2.73. The van der Waals surface area contributed by atoms with Crippen molar-refractivity contribution in [2.75, 3.05) is 5.73 Å². The van der Waals surface area contributed by atoms with Gasteiger partial charge in [0.15, 0.2) is 0 Å². The van der Waals surface area contributed by atoms with Crippen molar-refractivity contribution in [3.05, 3.63) is 23.8 Å². The molecule has 2 N–H and O–H groups in total. The lowest BCUT2D eigenvalue weighted by molar-refractivity contribution is 0.552. The average Bonchev–Trinajstić information content (AvgIpc) is 2.02. The van der Waals surface area contributed by atoms with Crippen molar-refractivity contribution in [3.8, 4) is 12.3 Å². The first-order chi connectivity index (χ1) is 6.43. The van der Waals surface area contributed by atoms with Gasteiger partial charge in [-0.25, -0.2) is 0 Å². The van der Waals surface area contributed by atoms with Crippen LogP contribution in [0.5, 0.6) is 0 Å². The molecule has 0 unspecified atom stereocenters. The van der Waals surface area contributed by atoms with Crippen LogP contribution in [0.3, 0.4) is 0 Å². The van der Waals surface area contributed by atoms with Crippen LogP contribution in [0.2, 0.25) is 0 Å².